The lowest BCUT2D eigenvalue weighted by atomic mass is 10.1. The molecule has 2 N–H and O–H groups in total. The van der Waals surface area contributed by atoms with Gasteiger partial charge in [-0.1, -0.05) is 24.3 Å². The van der Waals surface area contributed by atoms with Crippen LogP contribution in [-0.4, -0.2) is 42.1 Å². The molecule has 0 aliphatic carbocycles. The van der Waals surface area contributed by atoms with Crippen LogP contribution in [-0.2, 0) is 6.54 Å². The number of aliphatic imine (C=N–C) groups is 1. The van der Waals surface area contributed by atoms with Gasteiger partial charge in [0.05, 0.1) is 6.54 Å². The van der Waals surface area contributed by atoms with E-state index >= 15 is 0 Å². The molecule has 0 saturated carbocycles. The number of piperidine rings is 1. The summed E-state index contributed by atoms with van der Waals surface area (Å²) in [4.78, 5) is 10.9. The number of guanidine groups is 1. The van der Waals surface area contributed by atoms with Gasteiger partial charge in [-0.15, -0.1) is 0 Å². The first-order valence-corrected chi connectivity index (χ1v) is 9.12. The highest BCUT2D eigenvalue weighted by Gasteiger charge is 2.11. The van der Waals surface area contributed by atoms with E-state index < -0.39 is 0 Å². The summed E-state index contributed by atoms with van der Waals surface area (Å²) >= 11 is 0. The third-order valence-corrected chi connectivity index (χ3v) is 4.25. The lowest BCUT2D eigenvalue weighted by Crippen LogP contribution is -2.40. The highest BCUT2D eigenvalue weighted by Crippen LogP contribution is 2.11. The van der Waals surface area contributed by atoms with Crippen LogP contribution in [0.4, 0.5) is 0 Å². The van der Waals surface area contributed by atoms with Crippen LogP contribution >= 0.6 is 0 Å². The number of para-hydroxylation sites is 1. The second-order valence-corrected chi connectivity index (χ2v) is 6.24. The smallest absolute Gasteiger partial charge is 0.213 e. The second-order valence-electron chi connectivity index (χ2n) is 6.24. The van der Waals surface area contributed by atoms with Crippen molar-refractivity contribution in [2.24, 2.45) is 10.7 Å². The summed E-state index contributed by atoms with van der Waals surface area (Å²) in [7, 11) is 0. The fourth-order valence-electron chi connectivity index (χ4n) is 2.81. The van der Waals surface area contributed by atoms with Crippen LogP contribution in [0.15, 0.2) is 53.7 Å². The van der Waals surface area contributed by atoms with Gasteiger partial charge in [0, 0.05) is 25.4 Å². The third-order valence-electron chi connectivity index (χ3n) is 4.25. The summed E-state index contributed by atoms with van der Waals surface area (Å²) < 4.78 is 11.2. The SMILES string of the molecule is NC(=NCc1ccc(OCCOc2ccccc2)nc1)N1CCCCC1. The maximum atomic E-state index is 6.07. The number of pyridine rings is 1. The molecule has 0 amide bonds. The lowest BCUT2D eigenvalue weighted by Gasteiger charge is -2.27. The Kier molecular flexibility index (Phi) is 6.70. The van der Waals surface area contributed by atoms with Crippen LogP contribution in [0.25, 0.3) is 0 Å². The number of likely N-dealkylation sites (tertiary alicyclic amines) is 1. The highest BCUT2D eigenvalue weighted by atomic mass is 16.5. The van der Waals surface area contributed by atoms with Crippen molar-refractivity contribution in [1.29, 1.82) is 0 Å². The molecule has 2 heterocycles. The molecule has 0 unspecified atom stereocenters. The Morgan fingerprint density at radius 2 is 1.77 bits per heavy atom. The molecule has 26 heavy (non-hydrogen) atoms. The van der Waals surface area contributed by atoms with Crippen molar-refractivity contribution in [3.05, 3.63) is 54.2 Å². The van der Waals surface area contributed by atoms with E-state index in [1.54, 1.807) is 6.20 Å². The van der Waals surface area contributed by atoms with Crippen LogP contribution in [0.2, 0.25) is 0 Å². The predicted molar refractivity (Wildman–Crippen MR) is 102 cm³/mol. The lowest BCUT2D eigenvalue weighted by molar-refractivity contribution is 0.212. The van der Waals surface area contributed by atoms with Crippen molar-refractivity contribution >= 4 is 5.96 Å². The first-order valence-electron chi connectivity index (χ1n) is 9.12. The maximum absolute atomic E-state index is 6.07. The zero-order valence-electron chi connectivity index (χ0n) is 15.0. The van der Waals surface area contributed by atoms with Gasteiger partial charge >= 0.3 is 0 Å². The molecule has 6 heteroatoms. The first kappa shape index (κ1) is 18.0. The maximum Gasteiger partial charge on any atom is 0.213 e. The fourth-order valence-corrected chi connectivity index (χ4v) is 2.81. The second kappa shape index (κ2) is 9.65. The molecule has 2 aromatic rings. The first-order chi connectivity index (χ1) is 12.8. The van der Waals surface area contributed by atoms with Crippen molar-refractivity contribution in [3.63, 3.8) is 0 Å². The minimum atomic E-state index is 0.446. The van der Waals surface area contributed by atoms with E-state index in [1.165, 1.54) is 19.3 Å². The van der Waals surface area contributed by atoms with E-state index in [0.717, 1.165) is 24.4 Å². The molecule has 1 aromatic heterocycles. The normalized spacial score (nSPS) is 14.9. The fraction of sp³-hybridized carbons (Fsp3) is 0.400. The van der Waals surface area contributed by atoms with Gasteiger partial charge in [0.2, 0.25) is 5.88 Å². The van der Waals surface area contributed by atoms with Gasteiger partial charge in [0.25, 0.3) is 0 Å². The highest BCUT2D eigenvalue weighted by molar-refractivity contribution is 5.78. The Balaban J connectivity index is 1.40. The third kappa shape index (κ3) is 5.65. The molecule has 1 fully saturated rings. The number of nitrogens with two attached hydrogens (primary N) is 1. The van der Waals surface area contributed by atoms with Crippen molar-refractivity contribution < 1.29 is 9.47 Å². The van der Waals surface area contributed by atoms with E-state index in [2.05, 4.69) is 14.9 Å². The minimum Gasteiger partial charge on any atom is -0.490 e. The zero-order chi connectivity index (χ0) is 18.0. The van der Waals surface area contributed by atoms with Gasteiger partial charge in [-0.3, -0.25) is 0 Å². The molecule has 3 rings (SSSR count). The van der Waals surface area contributed by atoms with Crippen molar-refractivity contribution in [1.82, 2.24) is 9.88 Å². The Hall–Kier alpha value is -2.76. The van der Waals surface area contributed by atoms with Crippen LogP contribution in [0, 0.1) is 0 Å². The molecule has 0 spiro atoms. The van der Waals surface area contributed by atoms with E-state index in [0.29, 0.717) is 31.6 Å². The summed E-state index contributed by atoms with van der Waals surface area (Å²) in [6.45, 7) is 3.47. The van der Waals surface area contributed by atoms with Crippen LogP contribution < -0.4 is 15.2 Å². The van der Waals surface area contributed by atoms with E-state index in [1.807, 2.05) is 42.5 Å². The Morgan fingerprint density at radius 1 is 1.00 bits per heavy atom. The summed E-state index contributed by atoms with van der Waals surface area (Å²) in [6, 6.07) is 13.5. The zero-order valence-corrected chi connectivity index (χ0v) is 15.0. The number of hydrogen-bond acceptors (Lipinski definition) is 4. The van der Waals surface area contributed by atoms with Crippen LogP contribution in [0.3, 0.4) is 0 Å². The van der Waals surface area contributed by atoms with E-state index in [-0.39, 0.29) is 0 Å². The predicted octanol–water partition coefficient (Wildman–Crippen LogP) is 2.84. The van der Waals surface area contributed by atoms with Gasteiger partial charge < -0.3 is 20.1 Å². The number of hydrogen-bond donors (Lipinski definition) is 1. The molecule has 0 bridgehead atoms. The summed E-state index contributed by atoms with van der Waals surface area (Å²) in [5.41, 5.74) is 7.08. The quantitative estimate of drug-likeness (QED) is 0.470. The van der Waals surface area contributed by atoms with Crippen LogP contribution in [0.5, 0.6) is 11.6 Å². The number of aromatic nitrogens is 1. The molecule has 1 aliphatic heterocycles. The molecule has 1 aromatic carbocycles. The summed E-state index contributed by atoms with van der Waals surface area (Å²) in [6.07, 6.45) is 5.45. The topological polar surface area (TPSA) is 73.0 Å². The summed E-state index contributed by atoms with van der Waals surface area (Å²) in [5.74, 6) is 2.05. The number of nitrogens with zero attached hydrogens (tertiary/aromatic N) is 3. The average Bonchev–Trinajstić information content (AvgIpc) is 2.72. The van der Waals surface area contributed by atoms with E-state index in [4.69, 9.17) is 15.2 Å². The molecule has 0 radical (unpaired) electrons. The number of rotatable bonds is 7. The van der Waals surface area contributed by atoms with Gasteiger partial charge in [-0.2, -0.15) is 0 Å². The number of benzene rings is 1. The molecule has 1 aliphatic rings. The molecular weight excluding hydrogens is 328 g/mol. The largest absolute Gasteiger partial charge is 0.490 e. The molecular formula is C20H26N4O2. The van der Waals surface area contributed by atoms with Gasteiger partial charge in [0.1, 0.15) is 19.0 Å². The Labute approximate surface area is 154 Å². The van der Waals surface area contributed by atoms with Gasteiger partial charge in [0.15, 0.2) is 5.96 Å². The van der Waals surface area contributed by atoms with Crippen molar-refractivity contribution in [2.45, 2.75) is 25.8 Å². The molecule has 0 atom stereocenters. The van der Waals surface area contributed by atoms with Crippen LogP contribution in [0.1, 0.15) is 24.8 Å². The Morgan fingerprint density at radius 3 is 2.50 bits per heavy atom. The number of ether oxygens (including phenoxy) is 2. The molecule has 1 saturated heterocycles. The van der Waals surface area contributed by atoms with E-state index in [9.17, 15) is 0 Å². The van der Waals surface area contributed by atoms with Gasteiger partial charge in [-0.25, -0.2) is 9.98 Å². The molecule has 138 valence electrons. The van der Waals surface area contributed by atoms with Crippen molar-refractivity contribution in [3.8, 4) is 11.6 Å². The molecule has 6 nitrogen and oxygen atoms in total. The Bertz CT molecular complexity index is 683. The standard InChI is InChI=1S/C20H26N4O2/c21-20(24-11-5-2-6-12-24)23-16-17-9-10-19(22-15-17)26-14-13-25-18-7-3-1-4-8-18/h1,3-4,7-10,15H,2,5-6,11-14,16H2,(H2,21,23). The average molecular weight is 354 g/mol. The van der Waals surface area contributed by atoms with Gasteiger partial charge in [-0.05, 0) is 37.0 Å². The summed E-state index contributed by atoms with van der Waals surface area (Å²) in [5, 5.41) is 0. The monoisotopic (exact) mass is 354 g/mol. The minimum absolute atomic E-state index is 0.446. The van der Waals surface area contributed by atoms with Crippen molar-refractivity contribution in [2.75, 3.05) is 26.3 Å².